The van der Waals surface area contributed by atoms with E-state index in [1.54, 1.807) is 6.92 Å². The number of fused-ring (bicyclic) bond motifs is 3. The maximum Gasteiger partial charge on any atom is 0.407 e. The number of carbonyl (C=O) groups excluding carboxylic acids is 2. The van der Waals surface area contributed by atoms with Crippen LogP contribution in [0, 0.1) is 0 Å². The number of alkyl carbamates (subject to hydrolysis) is 1. The van der Waals surface area contributed by atoms with Crippen LogP contribution in [-0.2, 0) is 14.3 Å². The lowest BCUT2D eigenvalue weighted by atomic mass is 9.98. The van der Waals surface area contributed by atoms with E-state index in [2.05, 4.69) is 34.9 Å². The van der Waals surface area contributed by atoms with Crippen LogP contribution < -0.4 is 10.6 Å². The highest BCUT2D eigenvalue weighted by molar-refractivity contribution is 5.79. The summed E-state index contributed by atoms with van der Waals surface area (Å²) in [6.07, 6.45) is 0.789. The third-order valence-electron chi connectivity index (χ3n) is 5.34. The Labute approximate surface area is 181 Å². The fraction of sp³-hybridized carbons (Fsp3) is 0.375. The average Bonchev–Trinajstić information content (AvgIpc) is 3.05. The third-order valence-corrected chi connectivity index (χ3v) is 5.34. The van der Waals surface area contributed by atoms with E-state index in [0.717, 1.165) is 11.1 Å². The number of unbranched alkanes of at least 4 members (excludes halogenated alkanes) is 1. The van der Waals surface area contributed by atoms with E-state index in [9.17, 15) is 14.4 Å². The molecule has 7 nitrogen and oxygen atoms in total. The molecule has 31 heavy (non-hydrogen) atoms. The third kappa shape index (κ3) is 6.07. The largest absolute Gasteiger partial charge is 0.481 e. The van der Waals surface area contributed by atoms with Gasteiger partial charge in [0.2, 0.25) is 5.91 Å². The van der Waals surface area contributed by atoms with E-state index in [0.29, 0.717) is 19.4 Å². The van der Waals surface area contributed by atoms with Gasteiger partial charge in [-0.05, 0) is 42.0 Å². The molecule has 0 spiro atoms. The maximum absolute atomic E-state index is 12.3. The van der Waals surface area contributed by atoms with Gasteiger partial charge in [-0.25, -0.2) is 4.79 Å². The minimum absolute atomic E-state index is 0.0115. The Hall–Kier alpha value is -3.35. The van der Waals surface area contributed by atoms with Crippen molar-refractivity contribution in [3.8, 4) is 11.1 Å². The smallest absolute Gasteiger partial charge is 0.407 e. The molecule has 1 aliphatic carbocycles. The van der Waals surface area contributed by atoms with Crippen LogP contribution in [0.25, 0.3) is 11.1 Å². The van der Waals surface area contributed by atoms with Crippen molar-refractivity contribution in [2.75, 3.05) is 13.2 Å². The Bertz CT molecular complexity index is 898. The zero-order valence-electron chi connectivity index (χ0n) is 17.6. The number of hydrogen-bond acceptors (Lipinski definition) is 4. The first-order valence-corrected chi connectivity index (χ1v) is 10.6. The van der Waals surface area contributed by atoms with Gasteiger partial charge < -0.3 is 20.5 Å². The second-order valence-corrected chi connectivity index (χ2v) is 7.78. The summed E-state index contributed by atoms with van der Waals surface area (Å²) >= 11 is 0. The number of carbonyl (C=O) groups is 3. The van der Waals surface area contributed by atoms with Crippen molar-refractivity contribution in [3.05, 3.63) is 59.7 Å². The van der Waals surface area contributed by atoms with E-state index in [1.165, 1.54) is 11.1 Å². The topological polar surface area (TPSA) is 105 Å². The molecule has 0 heterocycles. The molecule has 0 fully saturated rings. The number of carboxylic acid groups (broad SMARTS) is 1. The maximum atomic E-state index is 12.3. The molecule has 3 rings (SSSR count). The van der Waals surface area contributed by atoms with Crippen molar-refractivity contribution in [2.24, 2.45) is 0 Å². The fourth-order valence-corrected chi connectivity index (χ4v) is 3.87. The molecule has 1 unspecified atom stereocenters. The number of amides is 2. The normalized spacial score (nSPS) is 13.1. The lowest BCUT2D eigenvalue weighted by Gasteiger charge is -2.17. The lowest BCUT2D eigenvalue weighted by molar-refractivity contribution is -0.137. The Morgan fingerprint density at radius 1 is 1.00 bits per heavy atom. The van der Waals surface area contributed by atoms with Crippen LogP contribution in [0.1, 0.15) is 49.7 Å². The number of benzene rings is 2. The first kappa shape index (κ1) is 22.3. The van der Waals surface area contributed by atoms with Gasteiger partial charge >= 0.3 is 12.1 Å². The van der Waals surface area contributed by atoms with Crippen LogP contribution in [-0.4, -0.2) is 42.3 Å². The molecule has 2 aromatic carbocycles. The molecule has 1 aliphatic rings. The first-order valence-electron chi connectivity index (χ1n) is 10.6. The molecule has 0 radical (unpaired) electrons. The fourth-order valence-electron chi connectivity index (χ4n) is 3.87. The van der Waals surface area contributed by atoms with E-state index >= 15 is 0 Å². The van der Waals surface area contributed by atoms with Gasteiger partial charge in [-0.3, -0.25) is 9.59 Å². The van der Waals surface area contributed by atoms with E-state index in [1.807, 2.05) is 24.3 Å². The molecule has 2 aromatic rings. The van der Waals surface area contributed by atoms with Crippen molar-refractivity contribution < 1.29 is 24.2 Å². The Morgan fingerprint density at radius 3 is 2.23 bits per heavy atom. The van der Waals surface area contributed by atoms with Crippen molar-refractivity contribution >= 4 is 18.0 Å². The summed E-state index contributed by atoms with van der Waals surface area (Å²) in [5.74, 6) is -1.04. The summed E-state index contributed by atoms with van der Waals surface area (Å²) in [4.78, 5) is 34.7. The molecule has 164 valence electrons. The molecular weight excluding hydrogens is 396 g/mol. The molecule has 0 saturated heterocycles. The molecule has 2 amide bonds. The standard InChI is InChI=1S/C24H28N2O5/c1-16(14-22(27)25-13-7-6-12-23(28)29)26-24(30)31-15-21-19-10-4-2-8-17(19)18-9-3-5-11-20(18)21/h2-5,8-11,16,21H,6-7,12-15H2,1H3,(H,25,27)(H,26,30)(H,28,29). The highest BCUT2D eigenvalue weighted by Gasteiger charge is 2.29. The minimum atomic E-state index is -0.841. The van der Waals surface area contributed by atoms with Crippen LogP contribution in [0.5, 0.6) is 0 Å². The predicted molar refractivity (Wildman–Crippen MR) is 117 cm³/mol. The van der Waals surface area contributed by atoms with E-state index in [-0.39, 0.29) is 37.3 Å². The number of hydrogen-bond donors (Lipinski definition) is 3. The van der Waals surface area contributed by atoms with Gasteiger partial charge in [-0.1, -0.05) is 48.5 Å². The summed E-state index contributed by atoms with van der Waals surface area (Å²) in [7, 11) is 0. The SMILES string of the molecule is CC(CC(=O)NCCCCC(=O)O)NC(=O)OCC1c2ccccc2-c2ccccc21. The highest BCUT2D eigenvalue weighted by Crippen LogP contribution is 2.44. The lowest BCUT2D eigenvalue weighted by Crippen LogP contribution is -2.38. The second kappa shape index (κ2) is 10.6. The molecule has 1 atom stereocenters. The number of aliphatic carboxylic acids is 1. The van der Waals surface area contributed by atoms with Gasteiger partial charge in [0, 0.05) is 31.3 Å². The Kier molecular flexibility index (Phi) is 7.65. The van der Waals surface area contributed by atoms with Gasteiger partial charge in [-0.2, -0.15) is 0 Å². The second-order valence-electron chi connectivity index (χ2n) is 7.78. The molecule has 0 aliphatic heterocycles. The monoisotopic (exact) mass is 424 g/mol. The van der Waals surface area contributed by atoms with Crippen LogP contribution in [0.4, 0.5) is 4.79 Å². The van der Waals surface area contributed by atoms with Gasteiger partial charge in [0.25, 0.3) is 0 Å². The molecule has 3 N–H and O–H groups in total. The van der Waals surface area contributed by atoms with Crippen molar-refractivity contribution in [3.63, 3.8) is 0 Å². The summed E-state index contributed by atoms with van der Waals surface area (Å²) in [6.45, 7) is 2.39. The summed E-state index contributed by atoms with van der Waals surface area (Å²) in [6, 6.07) is 15.9. The van der Waals surface area contributed by atoms with Crippen molar-refractivity contribution in [1.29, 1.82) is 0 Å². The Balaban J connectivity index is 1.43. The van der Waals surface area contributed by atoms with E-state index in [4.69, 9.17) is 9.84 Å². The van der Waals surface area contributed by atoms with E-state index < -0.39 is 12.1 Å². The molecule has 0 aromatic heterocycles. The quantitative estimate of drug-likeness (QED) is 0.505. The molecule has 0 saturated carbocycles. The highest BCUT2D eigenvalue weighted by atomic mass is 16.5. The molecule has 0 bridgehead atoms. The van der Waals surface area contributed by atoms with Crippen LogP contribution in [0.15, 0.2) is 48.5 Å². The van der Waals surface area contributed by atoms with Crippen LogP contribution >= 0.6 is 0 Å². The molecular formula is C24H28N2O5. The predicted octanol–water partition coefficient (Wildman–Crippen LogP) is 3.67. The first-order chi connectivity index (χ1) is 15.0. The number of nitrogens with one attached hydrogen (secondary N) is 2. The van der Waals surface area contributed by atoms with Gasteiger partial charge in [0.15, 0.2) is 0 Å². The zero-order valence-corrected chi connectivity index (χ0v) is 17.6. The van der Waals surface area contributed by atoms with Crippen molar-refractivity contribution in [2.45, 2.75) is 44.6 Å². The van der Waals surface area contributed by atoms with Crippen LogP contribution in [0.2, 0.25) is 0 Å². The number of rotatable bonds is 10. The van der Waals surface area contributed by atoms with Crippen molar-refractivity contribution in [1.82, 2.24) is 10.6 Å². The summed E-state index contributed by atoms with van der Waals surface area (Å²) in [5, 5.41) is 14.0. The number of carboxylic acids is 1. The Morgan fingerprint density at radius 2 is 1.61 bits per heavy atom. The van der Waals surface area contributed by atoms with Crippen LogP contribution in [0.3, 0.4) is 0 Å². The minimum Gasteiger partial charge on any atom is -0.481 e. The molecule has 7 heteroatoms. The number of ether oxygens (including phenoxy) is 1. The van der Waals surface area contributed by atoms with Gasteiger partial charge in [0.05, 0.1) is 0 Å². The zero-order chi connectivity index (χ0) is 22.2. The van der Waals surface area contributed by atoms with Gasteiger partial charge in [-0.15, -0.1) is 0 Å². The average molecular weight is 424 g/mol. The van der Waals surface area contributed by atoms with Gasteiger partial charge in [0.1, 0.15) is 6.61 Å². The summed E-state index contributed by atoms with van der Waals surface area (Å²) < 4.78 is 5.49. The summed E-state index contributed by atoms with van der Waals surface area (Å²) in [5.41, 5.74) is 4.62.